The lowest BCUT2D eigenvalue weighted by Gasteiger charge is -2.25. The second-order valence-corrected chi connectivity index (χ2v) is 8.13. The van der Waals surface area contributed by atoms with E-state index < -0.39 is 6.10 Å². The monoisotopic (exact) mass is 463 g/mol. The maximum absolute atomic E-state index is 10.5. The van der Waals surface area contributed by atoms with Gasteiger partial charge in [0.05, 0.1) is 36.3 Å². The number of methoxy groups -OCH3 is 1. The Morgan fingerprint density at radius 1 is 1.12 bits per heavy atom. The maximum Gasteiger partial charge on any atom is 0.227 e. The number of hydrogen-bond acceptors (Lipinski definition) is 6. The predicted octanol–water partition coefficient (Wildman–Crippen LogP) is 3.74. The molecule has 0 aliphatic heterocycles. The van der Waals surface area contributed by atoms with Crippen LogP contribution < -0.4 is 4.74 Å². The van der Waals surface area contributed by atoms with Crippen LogP contribution >= 0.6 is 0 Å². The van der Waals surface area contributed by atoms with Gasteiger partial charge in [-0.1, -0.05) is 41.8 Å². The number of aromatic nitrogens is 2. The Morgan fingerprint density at radius 3 is 2.53 bits per heavy atom. The molecule has 0 radical (unpaired) electrons. The number of benzene rings is 2. The molecule has 180 valence electrons. The second kappa shape index (κ2) is 12.9. The Hall–Kier alpha value is -3.15. The van der Waals surface area contributed by atoms with Crippen LogP contribution in [0.3, 0.4) is 0 Å². The van der Waals surface area contributed by atoms with Gasteiger partial charge in [-0.3, -0.25) is 4.90 Å². The Kier molecular flexibility index (Phi) is 9.68. The van der Waals surface area contributed by atoms with Crippen LogP contribution in [0.4, 0.5) is 0 Å². The summed E-state index contributed by atoms with van der Waals surface area (Å²) in [6.45, 7) is 6.43. The number of terminal acetylenes is 1. The first-order valence-corrected chi connectivity index (χ1v) is 11.3. The largest absolute Gasteiger partial charge is 0.439 e. The van der Waals surface area contributed by atoms with Crippen LogP contribution in [0.1, 0.15) is 16.8 Å². The third kappa shape index (κ3) is 7.17. The fraction of sp³-hybridized carbons (Fsp3) is 0.370. The molecule has 2 aromatic carbocycles. The molecule has 1 heterocycles. The first-order chi connectivity index (χ1) is 16.5. The number of aryl methyl sites for hydroxylation is 2. The van der Waals surface area contributed by atoms with Crippen molar-refractivity contribution in [3.8, 4) is 29.7 Å². The summed E-state index contributed by atoms with van der Waals surface area (Å²) in [5.74, 6) is 3.79. The van der Waals surface area contributed by atoms with E-state index >= 15 is 0 Å². The van der Waals surface area contributed by atoms with Gasteiger partial charge in [-0.25, -0.2) is 4.68 Å². The number of aliphatic hydroxyl groups is 1. The van der Waals surface area contributed by atoms with Crippen molar-refractivity contribution in [2.24, 2.45) is 0 Å². The molecule has 0 bridgehead atoms. The highest BCUT2D eigenvalue weighted by Gasteiger charge is 2.22. The number of rotatable bonds is 13. The van der Waals surface area contributed by atoms with E-state index in [1.54, 1.807) is 7.11 Å². The molecule has 0 amide bonds. The van der Waals surface area contributed by atoms with Crippen LogP contribution in [0.25, 0.3) is 5.69 Å². The topological polar surface area (TPSA) is 69.0 Å². The molecule has 3 rings (SSSR count). The third-order valence-corrected chi connectivity index (χ3v) is 5.33. The van der Waals surface area contributed by atoms with Gasteiger partial charge in [-0.15, -0.1) is 6.42 Å². The lowest BCUT2D eigenvalue weighted by Crippen LogP contribution is -2.36. The van der Waals surface area contributed by atoms with Gasteiger partial charge in [0.2, 0.25) is 5.88 Å². The van der Waals surface area contributed by atoms with Gasteiger partial charge in [0.25, 0.3) is 0 Å². The normalized spacial score (nSPS) is 12.0. The zero-order valence-electron chi connectivity index (χ0n) is 20.1. The fourth-order valence-electron chi connectivity index (χ4n) is 3.57. The van der Waals surface area contributed by atoms with Gasteiger partial charge >= 0.3 is 0 Å². The van der Waals surface area contributed by atoms with E-state index in [0.29, 0.717) is 32.1 Å². The van der Waals surface area contributed by atoms with Crippen LogP contribution in [0.15, 0.2) is 54.6 Å². The van der Waals surface area contributed by atoms with Crippen molar-refractivity contribution in [3.63, 3.8) is 0 Å². The van der Waals surface area contributed by atoms with Crippen molar-refractivity contribution >= 4 is 0 Å². The lowest BCUT2D eigenvalue weighted by molar-refractivity contribution is 0.0206. The summed E-state index contributed by atoms with van der Waals surface area (Å²) in [6.07, 6.45) is 4.55. The van der Waals surface area contributed by atoms with Crippen LogP contribution in [0, 0.1) is 26.2 Å². The molecule has 0 aliphatic rings. The van der Waals surface area contributed by atoms with Crippen LogP contribution in [-0.2, 0) is 16.0 Å². The minimum absolute atomic E-state index is 0.169. The summed E-state index contributed by atoms with van der Waals surface area (Å²) in [4.78, 5) is 2.11. The molecule has 1 atom stereocenters. The first kappa shape index (κ1) is 25.5. The van der Waals surface area contributed by atoms with Gasteiger partial charge < -0.3 is 19.3 Å². The molecule has 7 nitrogen and oxygen atoms in total. The average molecular weight is 464 g/mol. The highest BCUT2D eigenvalue weighted by molar-refractivity contribution is 5.43. The SMILES string of the molecule is C#CCOC[C@@H](O)CN(CCOC)Cc1c(C)nn(-c2ccccc2)c1Oc1ccc(C)cc1. The molecule has 1 N–H and O–H groups in total. The highest BCUT2D eigenvalue weighted by Crippen LogP contribution is 2.31. The molecule has 0 aliphatic carbocycles. The third-order valence-electron chi connectivity index (χ3n) is 5.33. The van der Waals surface area contributed by atoms with Crippen molar-refractivity contribution in [2.45, 2.75) is 26.5 Å². The molecule has 0 saturated heterocycles. The smallest absolute Gasteiger partial charge is 0.227 e. The number of aliphatic hydroxyl groups excluding tert-OH is 1. The minimum atomic E-state index is -0.684. The molecular formula is C27H33N3O4. The van der Waals surface area contributed by atoms with E-state index in [0.717, 1.165) is 28.3 Å². The quantitative estimate of drug-likeness (QED) is 0.308. The van der Waals surface area contributed by atoms with E-state index in [4.69, 9.17) is 25.7 Å². The fourth-order valence-corrected chi connectivity index (χ4v) is 3.57. The van der Waals surface area contributed by atoms with Gasteiger partial charge in [-0.2, -0.15) is 5.10 Å². The van der Waals surface area contributed by atoms with Crippen LogP contribution in [0.2, 0.25) is 0 Å². The summed E-state index contributed by atoms with van der Waals surface area (Å²) in [5, 5.41) is 15.3. The summed E-state index contributed by atoms with van der Waals surface area (Å²) in [6, 6.07) is 17.8. The van der Waals surface area contributed by atoms with Crippen LogP contribution in [-0.4, -0.2) is 65.9 Å². The van der Waals surface area contributed by atoms with Gasteiger partial charge in [0.15, 0.2) is 0 Å². The van der Waals surface area contributed by atoms with Crippen molar-refractivity contribution in [1.29, 1.82) is 0 Å². The highest BCUT2D eigenvalue weighted by atomic mass is 16.5. The molecule has 3 aromatic rings. The Balaban J connectivity index is 1.91. The van der Waals surface area contributed by atoms with Gasteiger partial charge in [0, 0.05) is 26.7 Å². The Bertz CT molecular complexity index is 1060. The van der Waals surface area contributed by atoms with Gasteiger partial charge in [-0.05, 0) is 38.1 Å². The predicted molar refractivity (Wildman–Crippen MR) is 132 cm³/mol. The number of nitrogens with zero attached hydrogens (tertiary/aromatic N) is 3. The molecule has 0 unspecified atom stereocenters. The number of para-hydroxylation sites is 1. The van der Waals surface area contributed by atoms with Crippen molar-refractivity contribution in [3.05, 3.63) is 71.4 Å². The van der Waals surface area contributed by atoms with Crippen molar-refractivity contribution in [2.75, 3.05) is 40.0 Å². The van der Waals surface area contributed by atoms with Gasteiger partial charge in [0.1, 0.15) is 12.4 Å². The molecule has 7 heteroatoms. The summed E-state index contributed by atoms with van der Waals surface area (Å²) >= 11 is 0. The molecule has 0 saturated carbocycles. The number of hydrogen-bond donors (Lipinski definition) is 1. The summed E-state index contributed by atoms with van der Waals surface area (Å²) < 4.78 is 18.8. The zero-order valence-corrected chi connectivity index (χ0v) is 20.1. The first-order valence-electron chi connectivity index (χ1n) is 11.3. The molecular weight excluding hydrogens is 430 g/mol. The molecule has 34 heavy (non-hydrogen) atoms. The molecule has 1 aromatic heterocycles. The summed E-state index contributed by atoms with van der Waals surface area (Å²) in [7, 11) is 1.66. The minimum Gasteiger partial charge on any atom is -0.439 e. The van der Waals surface area contributed by atoms with Crippen molar-refractivity contribution < 1.29 is 19.3 Å². The summed E-state index contributed by atoms with van der Waals surface area (Å²) in [5.41, 5.74) is 3.86. The van der Waals surface area contributed by atoms with E-state index in [1.807, 2.05) is 73.1 Å². The average Bonchev–Trinajstić information content (AvgIpc) is 3.14. The Morgan fingerprint density at radius 2 is 1.85 bits per heavy atom. The molecule has 0 fully saturated rings. The van der Waals surface area contributed by atoms with Crippen molar-refractivity contribution in [1.82, 2.24) is 14.7 Å². The maximum atomic E-state index is 10.5. The van der Waals surface area contributed by atoms with Crippen LogP contribution in [0.5, 0.6) is 11.6 Å². The molecule has 0 spiro atoms. The second-order valence-electron chi connectivity index (χ2n) is 8.13. The zero-order chi connectivity index (χ0) is 24.3. The van der Waals surface area contributed by atoms with E-state index in [-0.39, 0.29) is 13.2 Å². The van der Waals surface area contributed by atoms with E-state index in [2.05, 4.69) is 10.8 Å². The van der Waals surface area contributed by atoms with E-state index in [9.17, 15) is 5.11 Å². The van der Waals surface area contributed by atoms with E-state index in [1.165, 1.54) is 0 Å². The lowest BCUT2D eigenvalue weighted by atomic mass is 10.2. The standard InChI is InChI=1S/C27H33N3O4/c1-5-16-33-20-24(31)18-29(15-17-32-4)19-26-22(3)28-30(23-9-7-6-8-10-23)27(26)34-25-13-11-21(2)12-14-25/h1,6-14,24,31H,15-20H2,2-4H3/t24-/m0/s1. The Labute approximate surface area is 201 Å². The number of ether oxygens (including phenoxy) is 3.